The van der Waals surface area contributed by atoms with Crippen molar-refractivity contribution >= 4 is 17.1 Å². The number of carbonyl (C=O) groups excluding carboxylic acids is 1. The Balaban J connectivity index is 2.81. The van der Waals surface area contributed by atoms with Gasteiger partial charge in [0.15, 0.2) is 0 Å². The predicted octanol–water partition coefficient (Wildman–Crippen LogP) is 2.06. The highest BCUT2D eigenvalue weighted by atomic mass is 16.3. The van der Waals surface area contributed by atoms with E-state index in [-0.39, 0.29) is 11.5 Å². The summed E-state index contributed by atoms with van der Waals surface area (Å²) in [7, 11) is 0. The number of rotatable bonds is 1. The molecule has 70 valence electrons. The lowest BCUT2D eigenvalue weighted by Crippen LogP contribution is -1.80. The molecule has 14 heavy (non-hydrogen) atoms. The summed E-state index contributed by atoms with van der Waals surface area (Å²) < 4.78 is 0. The van der Waals surface area contributed by atoms with Gasteiger partial charge in [-0.1, -0.05) is 6.07 Å². The van der Waals surface area contributed by atoms with Crippen molar-refractivity contribution in [3.8, 4) is 11.5 Å². The molecule has 0 aliphatic rings. The third kappa shape index (κ3) is 1.29. The second kappa shape index (κ2) is 3.03. The van der Waals surface area contributed by atoms with Gasteiger partial charge in [-0.15, -0.1) is 0 Å². The van der Waals surface area contributed by atoms with Crippen molar-refractivity contribution in [3.63, 3.8) is 0 Å². The van der Waals surface area contributed by atoms with Gasteiger partial charge in [-0.3, -0.25) is 4.79 Å². The third-order valence-electron chi connectivity index (χ3n) is 2.08. The highest BCUT2D eigenvalue weighted by Crippen LogP contribution is 2.29. The number of fused-ring (bicyclic) bond motifs is 1. The molecule has 0 saturated heterocycles. The van der Waals surface area contributed by atoms with Gasteiger partial charge in [-0.25, -0.2) is 0 Å². The molecule has 0 aliphatic carbocycles. The van der Waals surface area contributed by atoms with Gasteiger partial charge in [0, 0.05) is 17.0 Å². The summed E-state index contributed by atoms with van der Waals surface area (Å²) >= 11 is 0. The molecule has 0 bridgehead atoms. The van der Waals surface area contributed by atoms with Crippen molar-refractivity contribution < 1.29 is 15.0 Å². The van der Waals surface area contributed by atoms with Crippen LogP contribution in [-0.2, 0) is 0 Å². The number of carbonyl (C=O) groups is 1. The van der Waals surface area contributed by atoms with E-state index in [0.717, 1.165) is 6.29 Å². The molecule has 0 radical (unpaired) electrons. The maximum Gasteiger partial charge on any atom is 0.150 e. The monoisotopic (exact) mass is 188 g/mol. The predicted molar refractivity (Wildman–Crippen MR) is 52.7 cm³/mol. The van der Waals surface area contributed by atoms with E-state index in [1.54, 1.807) is 18.2 Å². The van der Waals surface area contributed by atoms with E-state index >= 15 is 0 Å². The SMILES string of the molecule is O=Cc1ccc2c(O)cc(O)cc2c1. The van der Waals surface area contributed by atoms with Crippen LogP contribution >= 0.6 is 0 Å². The first-order chi connectivity index (χ1) is 6.70. The van der Waals surface area contributed by atoms with Crippen molar-refractivity contribution in [2.75, 3.05) is 0 Å². The van der Waals surface area contributed by atoms with E-state index in [4.69, 9.17) is 0 Å². The molecule has 0 amide bonds. The Labute approximate surface area is 80.2 Å². The van der Waals surface area contributed by atoms with Gasteiger partial charge in [0.1, 0.15) is 17.8 Å². The molecule has 0 spiro atoms. The number of phenols is 2. The minimum atomic E-state index is -0.0157. The fourth-order valence-electron chi connectivity index (χ4n) is 1.43. The number of aldehydes is 1. The summed E-state index contributed by atoms with van der Waals surface area (Å²) in [4.78, 5) is 10.5. The van der Waals surface area contributed by atoms with Crippen LogP contribution in [0.4, 0.5) is 0 Å². The van der Waals surface area contributed by atoms with Crippen molar-refractivity contribution in [1.82, 2.24) is 0 Å². The number of phenolic OH excluding ortho intramolecular Hbond substituents is 2. The molecule has 0 unspecified atom stereocenters. The van der Waals surface area contributed by atoms with Gasteiger partial charge < -0.3 is 10.2 Å². The zero-order chi connectivity index (χ0) is 10.1. The topological polar surface area (TPSA) is 57.5 Å². The lowest BCUT2D eigenvalue weighted by Gasteiger charge is -2.02. The minimum absolute atomic E-state index is 0.0115. The van der Waals surface area contributed by atoms with Crippen LogP contribution in [0.1, 0.15) is 10.4 Å². The first-order valence-electron chi connectivity index (χ1n) is 4.11. The highest BCUT2D eigenvalue weighted by molar-refractivity contribution is 5.93. The molecule has 2 N–H and O–H groups in total. The minimum Gasteiger partial charge on any atom is -0.508 e. The molecule has 0 heterocycles. The van der Waals surface area contributed by atoms with E-state index in [1.165, 1.54) is 12.1 Å². The van der Waals surface area contributed by atoms with Crippen LogP contribution in [0.3, 0.4) is 0 Å². The summed E-state index contributed by atoms with van der Waals surface area (Å²) in [5.41, 5.74) is 0.516. The van der Waals surface area contributed by atoms with Crippen LogP contribution in [0.2, 0.25) is 0 Å². The molecule has 3 nitrogen and oxygen atoms in total. The molecule has 0 saturated carbocycles. The van der Waals surface area contributed by atoms with E-state index in [0.29, 0.717) is 16.3 Å². The molecule has 3 heteroatoms. The molecule has 0 fully saturated rings. The second-order valence-electron chi connectivity index (χ2n) is 3.06. The molecule has 0 aromatic heterocycles. The van der Waals surface area contributed by atoms with Crippen LogP contribution in [0.5, 0.6) is 11.5 Å². The van der Waals surface area contributed by atoms with Crippen LogP contribution in [0.25, 0.3) is 10.8 Å². The highest BCUT2D eigenvalue weighted by Gasteiger charge is 2.02. The Kier molecular flexibility index (Phi) is 1.85. The Bertz CT molecular complexity index is 503. The first-order valence-corrected chi connectivity index (χ1v) is 4.11. The summed E-state index contributed by atoms with van der Waals surface area (Å²) in [5.74, 6) is -0.00417. The van der Waals surface area contributed by atoms with Gasteiger partial charge >= 0.3 is 0 Å². The standard InChI is InChI=1S/C11H8O3/c12-6-7-1-2-10-8(3-7)4-9(13)5-11(10)14/h1-6,13-14H. The molecule has 2 aromatic rings. The maximum atomic E-state index is 10.5. The van der Waals surface area contributed by atoms with Gasteiger partial charge in [0.2, 0.25) is 0 Å². The molecule has 2 aromatic carbocycles. The number of hydrogen-bond acceptors (Lipinski definition) is 3. The second-order valence-corrected chi connectivity index (χ2v) is 3.06. The quantitative estimate of drug-likeness (QED) is 0.673. The van der Waals surface area contributed by atoms with E-state index in [9.17, 15) is 15.0 Å². The number of hydrogen-bond donors (Lipinski definition) is 2. The van der Waals surface area contributed by atoms with Crippen LogP contribution in [-0.4, -0.2) is 16.5 Å². The average molecular weight is 188 g/mol. The fraction of sp³-hybridized carbons (Fsp3) is 0. The van der Waals surface area contributed by atoms with Crippen molar-refractivity contribution in [2.24, 2.45) is 0 Å². The Hall–Kier alpha value is -2.03. The van der Waals surface area contributed by atoms with E-state index in [1.807, 2.05) is 0 Å². The van der Waals surface area contributed by atoms with E-state index < -0.39 is 0 Å². The number of benzene rings is 2. The number of aromatic hydroxyl groups is 2. The smallest absolute Gasteiger partial charge is 0.150 e. The third-order valence-corrected chi connectivity index (χ3v) is 2.08. The summed E-state index contributed by atoms with van der Waals surface area (Å²) in [5, 5.41) is 20.0. The first kappa shape index (κ1) is 8.56. The summed E-state index contributed by atoms with van der Waals surface area (Å²) in [6.07, 6.45) is 0.723. The van der Waals surface area contributed by atoms with Gasteiger partial charge in [-0.05, 0) is 23.6 Å². The molecule has 2 rings (SSSR count). The van der Waals surface area contributed by atoms with Crippen LogP contribution < -0.4 is 0 Å². The van der Waals surface area contributed by atoms with Gasteiger partial charge in [-0.2, -0.15) is 0 Å². The summed E-state index contributed by atoms with van der Waals surface area (Å²) in [6.45, 7) is 0. The van der Waals surface area contributed by atoms with Crippen LogP contribution in [0, 0.1) is 0 Å². The molecular formula is C11H8O3. The van der Waals surface area contributed by atoms with Gasteiger partial charge in [0.05, 0.1) is 0 Å². The van der Waals surface area contributed by atoms with Crippen molar-refractivity contribution in [2.45, 2.75) is 0 Å². The molecular weight excluding hydrogens is 180 g/mol. The largest absolute Gasteiger partial charge is 0.508 e. The Morgan fingerprint density at radius 3 is 2.57 bits per heavy atom. The Morgan fingerprint density at radius 2 is 1.86 bits per heavy atom. The average Bonchev–Trinajstić information content (AvgIpc) is 2.16. The molecule has 0 aliphatic heterocycles. The molecule has 0 atom stereocenters. The zero-order valence-electron chi connectivity index (χ0n) is 7.27. The van der Waals surface area contributed by atoms with Crippen LogP contribution in [0.15, 0.2) is 30.3 Å². The lowest BCUT2D eigenvalue weighted by atomic mass is 10.1. The zero-order valence-corrected chi connectivity index (χ0v) is 7.27. The normalized spacial score (nSPS) is 10.3. The van der Waals surface area contributed by atoms with Crippen molar-refractivity contribution in [3.05, 3.63) is 35.9 Å². The Morgan fingerprint density at radius 1 is 1.07 bits per heavy atom. The lowest BCUT2D eigenvalue weighted by molar-refractivity contribution is 0.112. The van der Waals surface area contributed by atoms with E-state index in [2.05, 4.69) is 0 Å². The maximum absolute atomic E-state index is 10.5. The van der Waals surface area contributed by atoms with Crippen molar-refractivity contribution in [1.29, 1.82) is 0 Å². The summed E-state index contributed by atoms with van der Waals surface area (Å²) in [6, 6.07) is 7.65. The fourth-order valence-corrected chi connectivity index (χ4v) is 1.43. The van der Waals surface area contributed by atoms with Gasteiger partial charge in [0.25, 0.3) is 0 Å².